The van der Waals surface area contributed by atoms with E-state index < -0.39 is 11.1 Å². The molecule has 0 bridgehead atoms. The third-order valence-electron chi connectivity index (χ3n) is 5.39. The normalized spacial score (nSPS) is 14.7. The minimum absolute atomic E-state index is 0.172. The van der Waals surface area contributed by atoms with Crippen molar-refractivity contribution in [3.05, 3.63) is 65.2 Å². The maximum Gasteiger partial charge on any atom is 0.427 e. The zero-order chi connectivity index (χ0) is 25.0. The first-order chi connectivity index (χ1) is 16.7. The predicted octanol–water partition coefficient (Wildman–Crippen LogP) is 5.96. The van der Waals surface area contributed by atoms with E-state index in [9.17, 15) is 18.0 Å². The Balaban J connectivity index is 1.30. The van der Waals surface area contributed by atoms with Crippen molar-refractivity contribution in [1.29, 1.82) is 0 Å². The minimum atomic E-state index is -4.35. The molecule has 0 saturated carbocycles. The molecule has 1 amide bonds. The quantitative estimate of drug-likeness (QED) is 0.372. The molecule has 1 aliphatic rings. The van der Waals surface area contributed by atoms with E-state index >= 15 is 0 Å². The fraction of sp³-hybridized carbons (Fsp3) is 0.304. The van der Waals surface area contributed by atoms with E-state index in [1.807, 2.05) is 65.0 Å². The number of anilines is 3. The molecule has 2 aromatic carbocycles. The molecule has 0 spiro atoms. The molecule has 1 N–H and O–H groups in total. The van der Waals surface area contributed by atoms with Crippen LogP contribution in [0.4, 0.5) is 29.7 Å². The zero-order valence-corrected chi connectivity index (χ0v) is 21.5. The molecule has 35 heavy (non-hydrogen) atoms. The number of thiazole rings is 1. The van der Waals surface area contributed by atoms with E-state index in [2.05, 4.69) is 14.6 Å². The average Bonchev–Trinajstić information content (AvgIpc) is 3.36. The smallest absolute Gasteiger partial charge is 0.345 e. The van der Waals surface area contributed by atoms with Gasteiger partial charge in [0, 0.05) is 50.1 Å². The molecule has 0 aliphatic carbocycles. The first kappa shape index (κ1) is 25.7. The zero-order valence-electron chi connectivity index (χ0n) is 19.1. The number of benzene rings is 2. The van der Waals surface area contributed by atoms with Crippen LogP contribution in [0, 0.1) is 0 Å². The number of carbonyl (C=O) groups excluding carboxylic acids is 1. The molecule has 3 aromatic rings. The lowest BCUT2D eigenvalue weighted by molar-refractivity contribution is -0.134. The van der Waals surface area contributed by atoms with Gasteiger partial charge in [-0.15, -0.1) is 0 Å². The van der Waals surface area contributed by atoms with Gasteiger partial charge in [-0.25, -0.2) is 9.29 Å². The van der Waals surface area contributed by atoms with Crippen LogP contribution in [0.3, 0.4) is 0 Å². The van der Waals surface area contributed by atoms with Crippen LogP contribution < -0.4 is 14.5 Å². The summed E-state index contributed by atoms with van der Waals surface area (Å²) in [6, 6.07) is 15.1. The fourth-order valence-electron chi connectivity index (χ4n) is 3.50. The van der Waals surface area contributed by atoms with Crippen LogP contribution in [0.5, 0.6) is 0 Å². The van der Waals surface area contributed by atoms with Crippen molar-refractivity contribution in [2.45, 2.75) is 11.1 Å². The standard InChI is InChI=1S/C23H24F3N5OS3/c1-29(33-2)19-6-4-3-5-18(19)21(32)28-16-7-9-17(10-8-16)35-31-13-11-30(12-14-31)22-27-15-20(34-22)23(24,25)26/h3-10,15H,11-14H2,1-2H3,(H,28,32). The van der Waals surface area contributed by atoms with Crippen molar-refractivity contribution in [3.63, 3.8) is 0 Å². The topological polar surface area (TPSA) is 51.7 Å². The van der Waals surface area contributed by atoms with Gasteiger partial charge in [0.15, 0.2) is 5.13 Å². The Hall–Kier alpha value is -2.41. The number of amides is 1. The van der Waals surface area contributed by atoms with Gasteiger partial charge in [0.05, 0.1) is 17.4 Å². The van der Waals surface area contributed by atoms with Gasteiger partial charge in [0.2, 0.25) is 0 Å². The van der Waals surface area contributed by atoms with Gasteiger partial charge in [-0.1, -0.05) is 35.4 Å². The molecule has 1 aromatic heterocycles. The summed E-state index contributed by atoms with van der Waals surface area (Å²) in [5.41, 5.74) is 2.15. The number of carbonyl (C=O) groups is 1. The molecule has 6 nitrogen and oxygen atoms in total. The van der Waals surface area contributed by atoms with E-state index in [-0.39, 0.29) is 5.91 Å². The monoisotopic (exact) mass is 539 g/mol. The molecule has 2 heterocycles. The number of para-hydroxylation sites is 1. The largest absolute Gasteiger partial charge is 0.427 e. The van der Waals surface area contributed by atoms with Crippen LogP contribution in [-0.4, -0.2) is 54.7 Å². The maximum atomic E-state index is 12.8. The molecule has 1 saturated heterocycles. The molecular weight excluding hydrogens is 515 g/mol. The Bertz CT molecular complexity index is 1150. The summed E-state index contributed by atoms with van der Waals surface area (Å²) in [5, 5.41) is 3.36. The highest BCUT2D eigenvalue weighted by Gasteiger charge is 2.34. The Morgan fingerprint density at radius 3 is 2.40 bits per heavy atom. The Morgan fingerprint density at radius 1 is 1.09 bits per heavy atom. The summed E-state index contributed by atoms with van der Waals surface area (Å²) in [7, 11) is 1.92. The predicted molar refractivity (Wildman–Crippen MR) is 140 cm³/mol. The number of alkyl halides is 3. The average molecular weight is 540 g/mol. The Kier molecular flexibility index (Phi) is 8.15. The van der Waals surface area contributed by atoms with E-state index in [0.717, 1.165) is 16.8 Å². The second-order valence-corrected chi connectivity index (χ2v) is 10.8. The van der Waals surface area contributed by atoms with Gasteiger partial charge in [-0.2, -0.15) is 13.2 Å². The number of nitrogens with one attached hydrogen (secondary N) is 1. The third-order valence-corrected chi connectivity index (χ3v) is 8.34. The number of aromatic nitrogens is 1. The summed E-state index contributed by atoms with van der Waals surface area (Å²) < 4.78 is 42.6. The molecule has 1 aliphatic heterocycles. The SMILES string of the molecule is CSN(C)c1ccccc1C(=O)Nc1ccc(SN2CCN(c3ncc(C(F)(F)F)s3)CC2)cc1. The molecular formula is C23H24F3N5OS3. The van der Waals surface area contributed by atoms with Crippen LogP contribution in [0.15, 0.2) is 59.6 Å². The number of hydrogen-bond donors (Lipinski definition) is 1. The highest BCUT2D eigenvalue weighted by atomic mass is 32.2. The number of hydrogen-bond acceptors (Lipinski definition) is 8. The number of piperazine rings is 1. The van der Waals surface area contributed by atoms with Crippen molar-refractivity contribution >= 4 is 57.6 Å². The lowest BCUT2D eigenvalue weighted by atomic mass is 10.1. The highest BCUT2D eigenvalue weighted by Crippen LogP contribution is 2.37. The summed E-state index contributed by atoms with van der Waals surface area (Å²) in [6.45, 7) is 2.61. The molecule has 4 rings (SSSR count). The van der Waals surface area contributed by atoms with Crippen molar-refractivity contribution in [2.75, 3.05) is 54.0 Å². The van der Waals surface area contributed by atoms with E-state index in [0.29, 0.717) is 53.9 Å². The molecule has 0 atom stereocenters. The van der Waals surface area contributed by atoms with Gasteiger partial charge < -0.3 is 14.5 Å². The van der Waals surface area contributed by atoms with Crippen molar-refractivity contribution in [1.82, 2.24) is 9.29 Å². The maximum absolute atomic E-state index is 12.8. The third kappa shape index (κ3) is 6.43. The molecule has 12 heteroatoms. The van der Waals surface area contributed by atoms with Crippen LogP contribution in [0.2, 0.25) is 0 Å². The second kappa shape index (κ2) is 11.1. The van der Waals surface area contributed by atoms with Gasteiger partial charge in [0.1, 0.15) is 4.88 Å². The number of nitrogens with zero attached hydrogens (tertiary/aromatic N) is 4. The first-order valence-corrected chi connectivity index (χ1v) is 13.5. The van der Waals surface area contributed by atoms with Gasteiger partial charge in [-0.05, 0) is 48.3 Å². The summed E-state index contributed by atoms with van der Waals surface area (Å²) in [6.07, 6.45) is -1.50. The molecule has 186 valence electrons. The van der Waals surface area contributed by atoms with Gasteiger partial charge in [0.25, 0.3) is 5.91 Å². The molecule has 0 radical (unpaired) electrons. The van der Waals surface area contributed by atoms with Crippen LogP contribution in [0.25, 0.3) is 0 Å². The summed E-state index contributed by atoms with van der Waals surface area (Å²) >= 11 is 3.81. The number of rotatable bonds is 7. The van der Waals surface area contributed by atoms with Crippen LogP contribution in [-0.2, 0) is 6.18 Å². The highest BCUT2D eigenvalue weighted by molar-refractivity contribution is 7.99. The van der Waals surface area contributed by atoms with Crippen LogP contribution >= 0.6 is 35.2 Å². The minimum Gasteiger partial charge on any atom is -0.345 e. The Morgan fingerprint density at radius 2 is 1.77 bits per heavy atom. The lowest BCUT2D eigenvalue weighted by Crippen LogP contribution is -2.43. The van der Waals surface area contributed by atoms with E-state index in [4.69, 9.17) is 0 Å². The summed E-state index contributed by atoms with van der Waals surface area (Å²) in [4.78, 5) is 19.0. The molecule has 1 fully saturated rings. The van der Waals surface area contributed by atoms with Crippen molar-refractivity contribution in [3.8, 4) is 0 Å². The summed E-state index contributed by atoms with van der Waals surface area (Å²) in [5.74, 6) is -0.172. The van der Waals surface area contributed by atoms with Gasteiger partial charge in [-0.3, -0.25) is 4.79 Å². The fourth-order valence-corrected chi connectivity index (χ4v) is 5.59. The van der Waals surface area contributed by atoms with E-state index in [1.54, 1.807) is 18.0 Å². The van der Waals surface area contributed by atoms with E-state index in [1.165, 1.54) is 11.9 Å². The van der Waals surface area contributed by atoms with Crippen molar-refractivity contribution in [2.24, 2.45) is 0 Å². The Labute approximate surface area is 214 Å². The lowest BCUT2D eigenvalue weighted by Gasteiger charge is -2.33. The van der Waals surface area contributed by atoms with Crippen molar-refractivity contribution < 1.29 is 18.0 Å². The second-order valence-electron chi connectivity index (χ2n) is 7.69. The number of halogens is 3. The first-order valence-electron chi connectivity index (χ1n) is 10.7. The molecule has 0 unspecified atom stereocenters. The van der Waals surface area contributed by atoms with Crippen LogP contribution in [0.1, 0.15) is 15.2 Å². The van der Waals surface area contributed by atoms with Gasteiger partial charge >= 0.3 is 6.18 Å².